The van der Waals surface area contributed by atoms with Gasteiger partial charge in [0.25, 0.3) is 0 Å². The third kappa shape index (κ3) is 2.66. The van der Waals surface area contributed by atoms with Gasteiger partial charge in [0.05, 0.1) is 11.0 Å². The van der Waals surface area contributed by atoms with Gasteiger partial charge < -0.3 is 10.3 Å². The van der Waals surface area contributed by atoms with Crippen LogP contribution >= 0.6 is 11.8 Å². The normalized spacial score (nSPS) is 17.1. The van der Waals surface area contributed by atoms with E-state index in [0.717, 1.165) is 23.7 Å². The van der Waals surface area contributed by atoms with Gasteiger partial charge in [0, 0.05) is 18.2 Å². The van der Waals surface area contributed by atoms with Crippen molar-refractivity contribution < 1.29 is 0 Å². The van der Waals surface area contributed by atoms with E-state index in [1.54, 1.807) is 0 Å². The first-order chi connectivity index (χ1) is 9.65. The van der Waals surface area contributed by atoms with Crippen LogP contribution in [0.15, 0.2) is 18.2 Å². The van der Waals surface area contributed by atoms with Gasteiger partial charge in [0.15, 0.2) is 0 Å². The van der Waals surface area contributed by atoms with Crippen molar-refractivity contribution in [2.45, 2.75) is 39.2 Å². The van der Waals surface area contributed by atoms with Crippen LogP contribution in [0.5, 0.6) is 0 Å². The highest BCUT2D eigenvalue weighted by atomic mass is 32.2. The van der Waals surface area contributed by atoms with Crippen molar-refractivity contribution in [1.82, 2.24) is 9.55 Å². The fourth-order valence-electron chi connectivity index (χ4n) is 2.99. The molecule has 1 aromatic carbocycles. The summed E-state index contributed by atoms with van der Waals surface area (Å²) in [5.41, 5.74) is 8.97. The fourth-order valence-corrected chi connectivity index (χ4v) is 4.19. The Kier molecular flexibility index (Phi) is 3.92. The van der Waals surface area contributed by atoms with Gasteiger partial charge in [-0.1, -0.05) is 13.8 Å². The molecule has 1 aromatic heterocycles. The van der Waals surface area contributed by atoms with Crippen LogP contribution in [-0.2, 0) is 6.54 Å². The molecule has 3 rings (SSSR count). The summed E-state index contributed by atoms with van der Waals surface area (Å²) in [6.45, 7) is 5.55. The number of aromatic nitrogens is 2. The number of nitrogen functional groups attached to an aromatic ring is 1. The van der Waals surface area contributed by atoms with E-state index < -0.39 is 0 Å². The van der Waals surface area contributed by atoms with Crippen molar-refractivity contribution in [3.05, 3.63) is 24.0 Å². The van der Waals surface area contributed by atoms with E-state index in [2.05, 4.69) is 36.2 Å². The molecule has 1 aliphatic rings. The van der Waals surface area contributed by atoms with Crippen molar-refractivity contribution in [2.24, 2.45) is 5.92 Å². The molecule has 4 heteroatoms. The van der Waals surface area contributed by atoms with E-state index in [9.17, 15) is 0 Å². The highest BCUT2D eigenvalue weighted by Crippen LogP contribution is 2.29. The molecule has 2 heterocycles. The minimum atomic E-state index is 0.446. The number of benzene rings is 1. The molecule has 0 unspecified atom stereocenters. The minimum absolute atomic E-state index is 0.446. The summed E-state index contributed by atoms with van der Waals surface area (Å²) in [4.78, 5) is 4.82. The van der Waals surface area contributed by atoms with Crippen LogP contribution in [0.1, 0.15) is 38.4 Å². The average molecular weight is 289 g/mol. The number of hydrogen-bond acceptors (Lipinski definition) is 3. The lowest BCUT2D eigenvalue weighted by Gasteiger charge is -2.23. The minimum Gasteiger partial charge on any atom is -0.399 e. The number of nitrogens with zero attached hydrogens (tertiary/aromatic N) is 2. The maximum Gasteiger partial charge on any atom is 0.112 e. The summed E-state index contributed by atoms with van der Waals surface area (Å²) < 4.78 is 2.43. The maximum atomic E-state index is 5.89. The molecule has 2 N–H and O–H groups in total. The second kappa shape index (κ2) is 5.68. The molecule has 3 nitrogen and oxygen atoms in total. The number of anilines is 1. The first kappa shape index (κ1) is 13.8. The molecular weight excluding hydrogens is 266 g/mol. The van der Waals surface area contributed by atoms with E-state index in [1.807, 2.05) is 12.1 Å². The molecule has 1 saturated heterocycles. The van der Waals surface area contributed by atoms with Crippen molar-refractivity contribution in [2.75, 3.05) is 17.2 Å². The van der Waals surface area contributed by atoms with Crippen molar-refractivity contribution in [1.29, 1.82) is 0 Å². The predicted octanol–water partition coefficient (Wildman–Crippen LogP) is 3.89. The molecule has 0 radical (unpaired) electrons. The third-order valence-electron chi connectivity index (χ3n) is 4.10. The van der Waals surface area contributed by atoms with Crippen LogP contribution in [0.25, 0.3) is 11.0 Å². The first-order valence-electron chi connectivity index (χ1n) is 7.48. The van der Waals surface area contributed by atoms with Crippen LogP contribution < -0.4 is 5.73 Å². The van der Waals surface area contributed by atoms with E-state index in [1.165, 1.54) is 35.7 Å². The van der Waals surface area contributed by atoms with E-state index in [0.29, 0.717) is 5.92 Å². The molecule has 1 fully saturated rings. The van der Waals surface area contributed by atoms with Crippen LogP contribution in [0.3, 0.4) is 0 Å². The fraction of sp³-hybridized carbons (Fsp3) is 0.562. The first-order valence-corrected chi connectivity index (χ1v) is 8.64. The van der Waals surface area contributed by atoms with Gasteiger partial charge in [-0.3, -0.25) is 0 Å². The monoisotopic (exact) mass is 289 g/mol. The largest absolute Gasteiger partial charge is 0.399 e. The Morgan fingerprint density at radius 3 is 2.80 bits per heavy atom. The zero-order valence-corrected chi connectivity index (χ0v) is 13.1. The SMILES string of the molecule is CC(C)c1nc2cc(N)ccc2n1CC1CCSCC1. The Balaban J connectivity index is 1.99. The molecular formula is C16H23N3S. The lowest BCUT2D eigenvalue weighted by Crippen LogP contribution is -2.18. The molecule has 0 aliphatic carbocycles. The molecule has 1 aliphatic heterocycles. The highest BCUT2D eigenvalue weighted by Gasteiger charge is 2.19. The van der Waals surface area contributed by atoms with Crippen LogP contribution in [0.2, 0.25) is 0 Å². The molecule has 0 amide bonds. The van der Waals surface area contributed by atoms with Gasteiger partial charge in [0.2, 0.25) is 0 Å². The topological polar surface area (TPSA) is 43.8 Å². The lowest BCUT2D eigenvalue weighted by atomic mass is 10.0. The van der Waals surface area contributed by atoms with Gasteiger partial charge in [-0.15, -0.1) is 0 Å². The molecule has 0 spiro atoms. The number of hydrogen-bond donors (Lipinski definition) is 1. The molecule has 0 saturated carbocycles. The molecule has 0 atom stereocenters. The Morgan fingerprint density at radius 2 is 2.10 bits per heavy atom. The number of thioether (sulfide) groups is 1. The molecule has 108 valence electrons. The Morgan fingerprint density at radius 1 is 1.35 bits per heavy atom. The van der Waals surface area contributed by atoms with Crippen molar-refractivity contribution >= 4 is 28.5 Å². The number of imidazole rings is 1. The second-order valence-corrected chi connectivity index (χ2v) is 7.26. The zero-order valence-electron chi connectivity index (χ0n) is 12.3. The van der Waals surface area contributed by atoms with E-state index in [-0.39, 0.29) is 0 Å². The Labute approximate surface area is 124 Å². The Bertz CT molecular complexity index is 597. The second-order valence-electron chi connectivity index (χ2n) is 6.04. The van der Waals surface area contributed by atoms with Crippen LogP contribution in [0, 0.1) is 5.92 Å². The summed E-state index contributed by atoms with van der Waals surface area (Å²) in [6, 6.07) is 6.11. The highest BCUT2D eigenvalue weighted by molar-refractivity contribution is 7.99. The Hall–Kier alpha value is -1.16. The summed E-state index contributed by atoms with van der Waals surface area (Å²) in [6.07, 6.45) is 2.66. The number of fused-ring (bicyclic) bond motifs is 1. The predicted molar refractivity (Wildman–Crippen MR) is 88.3 cm³/mol. The van der Waals surface area contributed by atoms with Crippen LogP contribution in [-0.4, -0.2) is 21.1 Å². The third-order valence-corrected chi connectivity index (χ3v) is 5.15. The zero-order chi connectivity index (χ0) is 14.1. The number of nitrogens with two attached hydrogens (primary N) is 1. The van der Waals surface area contributed by atoms with Crippen molar-refractivity contribution in [3.8, 4) is 0 Å². The molecule has 2 aromatic rings. The van der Waals surface area contributed by atoms with E-state index in [4.69, 9.17) is 10.7 Å². The smallest absolute Gasteiger partial charge is 0.112 e. The standard InChI is InChI=1S/C16H23N3S/c1-11(2)16-18-14-9-13(17)3-4-15(14)19(16)10-12-5-7-20-8-6-12/h3-4,9,11-12H,5-8,10,17H2,1-2H3. The summed E-state index contributed by atoms with van der Waals surface area (Å²) >= 11 is 2.09. The number of rotatable bonds is 3. The van der Waals surface area contributed by atoms with Gasteiger partial charge in [-0.25, -0.2) is 4.98 Å². The van der Waals surface area contributed by atoms with Crippen LogP contribution in [0.4, 0.5) is 5.69 Å². The van der Waals surface area contributed by atoms with Gasteiger partial charge in [0.1, 0.15) is 5.82 Å². The van der Waals surface area contributed by atoms with Gasteiger partial charge >= 0.3 is 0 Å². The summed E-state index contributed by atoms with van der Waals surface area (Å²) in [5, 5.41) is 0. The van der Waals surface area contributed by atoms with Gasteiger partial charge in [-0.05, 0) is 48.5 Å². The van der Waals surface area contributed by atoms with Gasteiger partial charge in [-0.2, -0.15) is 11.8 Å². The van der Waals surface area contributed by atoms with Crippen molar-refractivity contribution in [3.63, 3.8) is 0 Å². The maximum absolute atomic E-state index is 5.89. The molecule has 20 heavy (non-hydrogen) atoms. The quantitative estimate of drug-likeness (QED) is 0.872. The summed E-state index contributed by atoms with van der Waals surface area (Å²) in [7, 11) is 0. The van der Waals surface area contributed by atoms with E-state index >= 15 is 0 Å². The summed E-state index contributed by atoms with van der Waals surface area (Å²) in [5.74, 6) is 5.05. The average Bonchev–Trinajstić information content (AvgIpc) is 2.78. The lowest BCUT2D eigenvalue weighted by molar-refractivity contribution is 0.412. The molecule has 0 bridgehead atoms.